The zero-order valence-electron chi connectivity index (χ0n) is 12.7. The van der Waals surface area contributed by atoms with Gasteiger partial charge in [-0.1, -0.05) is 35.9 Å². The summed E-state index contributed by atoms with van der Waals surface area (Å²) in [5.41, 5.74) is 3.70. The zero-order valence-corrected chi connectivity index (χ0v) is 13.5. The van der Waals surface area contributed by atoms with Crippen LogP contribution in [0.5, 0.6) is 0 Å². The number of thiazole rings is 1. The molecule has 118 valence electrons. The Bertz CT molecular complexity index is 1070. The number of nitro benzene ring substituents is 1. The fraction of sp³-hybridized carbons (Fsp3) is 0.0588. The van der Waals surface area contributed by atoms with Crippen molar-refractivity contribution in [1.29, 1.82) is 0 Å². The molecular formula is C17H12N4O2S. The minimum absolute atomic E-state index is 0.0610. The molecule has 0 aliphatic carbocycles. The molecule has 0 N–H and O–H groups in total. The standard InChI is InChI=1S/C17H12N4O2S/c1-11-4-2-6-13(8-11)16-18-17-20(19-16)15(10-24-17)12-5-3-7-14(9-12)21(22)23/h2-10H,1H3. The van der Waals surface area contributed by atoms with Crippen LogP contribution >= 0.6 is 11.3 Å². The average molecular weight is 336 g/mol. The summed E-state index contributed by atoms with van der Waals surface area (Å²) in [7, 11) is 0. The van der Waals surface area contributed by atoms with Crippen molar-refractivity contribution in [3.63, 3.8) is 0 Å². The van der Waals surface area contributed by atoms with Gasteiger partial charge in [-0.15, -0.1) is 16.4 Å². The van der Waals surface area contributed by atoms with Gasteiger partial charge in [0.1, 0.15) is 0 Å². The topological polar surface area (TPSA) is 73.3 Å². The van der Waals surface area contributed by atoms with Crippen LogP contribution in [0.4, 0.5) is 5.69 Å². The second-order valence-corrected chi connectivity index (χ2v) is 6.26. The van der Waals surface area contributed by atoms with Gasteiger partial charge in [0.2, 0.25) is 4.96 Å². The maximum absolute atomic E-state index is 11.0. The van der Waals surface area contributed by atoms with Gasteiger partial charge in [0.15, 0.2) is 5.82 Å². The largest absolute Gasteiger partial charge is 0.270 e. The van der Waals surface area contributed by atoms with Gasteiger partial charge in [0.05, 0.1) is 10.6 Å². The Kier molecular flexibility index (Phi) is 3.35. The Morgan fingerprint density at radius 3 is 2.71 bits per heavy atom. The van der Waals surface area contributed by atoms with Crippen molar-refractivity contribution in [3.8, 4) is 22.6 Å². The summed E-state index contributed by atoms with van der Waals surface area (Å²) in [5, 5.41) is 17.5. The first-order valence-corrected chi connectivity index (χ1v) is 8.16. The predicted molar refractivity (Wildman–Crippen MR) is 93.1 cm³/mol. The van der Waals surface area contributed by atoms with Gasteiger partial charge in [-0.2, -0.15) is 4.98 Å². The van der Waals surface area contributed by atoms with Crippen molar-refractivity contribution in [2.24, 2.45) is 0 Å². The number of hydrogen-bond donors (Lipinski definition) is 0. The molecule has 24 heavy (non-hydrogen) atoms. The molecule has 0 aliphatic heterocycles. The van der Waals surface area contributed by atoms with Crippen LogP contribution in [0.3, 0.4) is 0 Å². The fourth-order valence-corrected chi connectivity index (χ4v) is 3.40. The highest BCUT2D eigenvalue weighted by molar-refractivity contribution is 7.15. The monoisotopic (exact) mass is 336 g/mol. The smallest absolute Gasteiger partial charge is 0.258 e. The van der Waals surface area contributed by atoms with Crippen molar-refractivity contribution in [2.75, 3.05) is 0 Å². The molecule has 0 saturated carbocycles. The van der Waals surface area contributed by atoms with Crippen molar-refractivity contribution in [2.45, 2.75) is 6.92 Å². The molecule has 2 heterocycles. The highest BCUT2D eigenvalue weighted by Crippen LogP contribution is 2.29. The van der Waals surface area contributed by atoms with Gasteiger partial charge in [0.25, 0.3) is 5.69 Å². The van der Waals surface area contributed by atoms with Crippen LogP contribution in [0.15, 0.2) is 53.9 Å². The molecule has 2 aromatic heterocycles. The van der Waals surface area contributed by atoms with E-state index in [2.05, 4.69) is 10.1 Å². The lowest BCUT2D eigenvalue weighted by molar-refractivity contribution is -0.384. The second-order valence-electron chi connectivity index (χ2n) is 5.43. The van der Waals surface area contributed by atoms with Crippen molar-refractivity contribution in [1.82, 2.24) is 14.6 Å². The lowest BCUT2D eigenvalue weighted by Crippen LogP contribution is -1.91. The molecule has 0 fully saturated rings. The van der Waals surface area contributed by atoms with E-state index in [1.54, 1.807) is 16.6 Å². The maximum atomic E-state index is 11.0. The summed E-state index contributed by atoms with van der Waals surface area (Å²) < 4.78 is 1.74. The van der Waals surface area contributed by atoms with Crippen LogP contribution in [0.2, 0.25) is 0 Å². The summed E-state index contributed by atoms with van der Waals surface area (Å²) in [4.78, 5) is 15.9. The number of hydrogen-bond acceptors (Lipinski definition) is 5. The van der Waals surface area contributed by atoms with E-state index < -0.39 is 4.92 Å². The maximum Gasteiger partial charge on any atom is 0.270 e. The third-order valence-electron chi connectivity index (χ3n) is 3.71. The Balaban J connectivity index is 1.83. The second kappa shape index (κ2) is 5.54. The minimum atomic E-state index is -0.396. The number of benzene rings is 2. The normalized spacial score (nSPS) is 11.0. The molecule has 4 aromatic rings. The van der Waals surface area contributed by atoms with Gasteiger partial charge in [0, 0.05) is 28.6 Å². The molecule has 7 heteroatoms. The van der Waals surface area contributed by atoms with E-state index in [4.69, 9.17) is 0 Å². The molecule has 0 unspecified atom stereocenters. The lowest BCUT2D eigenvalue weighted by Gasteiger charge is -1.99. The molecule has 6 nitrogen and oxygen atoms in total. The lowest BCUT2D eigenvalue weighted by atomic mass is 10.1. The molecule has 0 aliphatic rings. The number of non-ortho nitro benzene ring substituents is 1. The number of nitrogens with zero attached hydrogens (tertiary/aromatic N) is 4. The van der Waals surface area contributed by atoms with Gasteiger partial charge < -0.3 is 0 Å². The fourth-order valence-electron chi connectivity index (χ4n) is 2.57. The molecule has 4 rings (SSSR count). The highest BCUT2D eigenvalue weighted by atomic mass is 32.1. The Morgan fingerprint density at radius 2 is 1.92 bits per heavy atom. The van der Waals surface area contributed by atoms with E-state index in [1.807, 2.05) is 42.6 Å². The van der Waals surface area contributed by atoms with Crippen LogP contribution in [0.1, 0.15) is 5.56 Å². The average Bonchev–Trinajstić information content (AvgIpc) is 3.15. The molecule has 0 spiro atoms. The van der Waals surface area contributed by atoms with Crippen molar-refractivity contribution < 1.29 is 4.92 Å². The summed E-state index contributed by atoms with van der Waals surface area (Å²) in [5.74, 6) is 0.650. The van der Waals surface area contributed by atoms with Crippen LogP contribution in [0.25, 0.3) is 27.6 Å². The zero-order chi connectivity index (χ0) is 16.7. The molecule has 0 bridgehead atoms. The first-order chi connectivity index (χ1) is 11.6. The Labute approximate surface area is 141 Å². The van der Waals surface area contributed by atoms with E-state index >= 15 is 0 Å². The van der Waals surface area contributed by atoms with Gasteiger partial charge >= 0.3 is 0 Å². The number of aromatic nitrogens is 3. The number of aryl methyl sites for hydroxylation is 1. The van der Waals surface area contributed by atoms with E-state index in [0.29, 0.717) is 5.82 Å². The van der Waals surface area contributed by atoms with Crippen LogP contribution < -0.4 is 0 Å². The predicted octanol–water partition coefficient (Wildman–Crippen LogP) is 4.34. The minimum Gasteiger partial charge on any atom is -0.258 e. The van der Waals surface area contributed by atoms with Gasteiger partial charge in [-0.25, -0.2) is 4.52 Å². The Hall–Kier alpha value is -3.06. The number of nitro groups is 1. The van der Waals surface area contributed by atoms with E-state index in [9.17, 15) is 10.1 Å². The highest BCUT2D eigenvalue weighted by Gasteiger charge is 2.15. The number of rotatable bonds is 3. The van der Waals surface area contributed by atoms with Gasteiger partial charge in [-0.3, -0.25) is 10.1 Å². The SMILES string of the molecule is Cc1cccc(-c2nc3scc(-c4cccc([N+](=O)[O-])c4)n3n2)c1. The summed E-state index contributed by atoms with van der Waals surface area (Å²) in [6.45, 7) is 2.02. The molecule has 0 atom stereocenters. The summed E-state index contributed by atoms with van der Waals surface area (Å²) >= 11 is 1.46. The van der Waals surface area contributed by atoms with E-state index in [-0.39, 0.29) is 5.69 Å². The first kappa shape index (κ1) is 14.5. The third-order valence-corrected chi connectivity index (χ3v) is 4.53. The molecule has 2 aromatic carbocycles. The molecular weight excluding hydrogens is 324 g/mol. The van der Waals surface area contributed by atoms with E-state index in [1.165, 1.54) is 17.4 Å². The molecule has 0 saturated heterocycles. The van der Waals surface area contributed by atoms with Crippen LogP contribution in [0, 0.1) is 17.0 Å². The van der Waals surface area contributed by atoms with Crippen LogP contribution in [-0.2, 0) is 0 Å². The van der Waals surface area contributed by atoms with Crippen molar-refractivity contribution in [3.05, 3.63) is 69.6 Å². The summed E-state index contributed by atoms with van der Waals surface area (Å²) in [6, 6.07) is 14.5. The summed E-state index contributed by atoms with van der Waals surface area (Å²) in [6.07, 6.45) is 0. The van der Waals surface area contributed by atoms with Crippen LogP contribution in [-0.4, -0.2) is 19.5 Å². The van der Waals surface area contributed by atoms with Crippen molar-refractivity contribution >= 4 is 22.0 Å². The quantitative estimate of drug-likeness (QED) is 0.412. The Morgan fingerprint density at radius 1 is 1.12 bits per heavy atom. The van der Waals surface area contributed by atoms with E-state index in [0.717, 1.165) is 27.3 Å². The molecule has 0 radical (unpaired) electrons. The van der Waals surface area contributed by atoms with Gasteiger partial charge in [-0.05, 0) is 13.0 Å². The third kappa shape index (κ3) is 2.44. The first-order valence-electron chi connectivity index (χ1n) is 7.28. The molecule has 0 amide bonds. The number of fused-ring (bicyclic) bond motifs is 1.